The molecule has 1 fully saturated rings. The molecule has 11 nitrogen and oxygen atoms in total. The van der Waals surface area contributed by atoms with Gasteiger partial charge in [-0.1, -0.05) is 12.1 Å². The molecular formula is C27H28N4O7. The second-order valence-electron chi connectivity index (χ2n) is 8.10. The molecule has 198 valence electrons. The van der Waals surface area contributed by atoms with Gasteiger partial charge in [-0.3, -0.25) is 14.4 Å². The Balaban J connectivity index is 1.37. The molecule has 2 heterocycles. The van der Waals surface area contributed by atoms with Gasteiger partial charge in [-0.05, 0) is 55.0 Å². The minimum absolute atomic E-state index is 0.112. The first-order valence-corrected chi connectivity index (χ1v) is 12.1. The van der Waals surface area contributed by atoms with E-state index in [0.717, 1.165) is 0 Å². The Bertz CT molecular complexity index is 1280. The minimum atomic E-state index is -0.511. The van der Waals surface area contributed by atoms with Gasteiger partial charge in [0.05, 0.1) is 43.5 Å². The van der Waals surface area contributed by atoms with Gasteiger partial charge in [0.15, 0.2) is 23.9 Å². The van der Waals surface area contributed by atoms with Crippen LogP contribution in [-0.4, -0.2) is 68.4 Å². The predicted octanol–water partition coefficient (Wildman–Crippen LogP) is 2.93. The van der Waals surface area contributed by atoms with Crippen LogP contribution in [0.4, 0.5) is 5.69 Å². The quantitative estimate of drug-likeness (QED) is 0.310. The maximum atomic E-state index is 12.7. The zero-order chi connectivity index (χ0) is 26.7. The second kappa shape index (κ2) is 13.1. The molecule has 3 amide bonds. The van der Waals surface area contributed by atoms with Gasteiger partial charge in [0.2, 0.25) is 0 Å². The number of hydrogen-bond donors (Lipinski definition) is 2. The molecule has 1 aliphatic heterocycles. The number of ether oxygens (including phenoxy) is 3. The number of benzene rings is 2. The third-order valence-corrected chi connectivity index (χ3v) is 5.53. The first-order valence-electron chi connectivity index (χ1n) is 12.1. The summed E-state index contributed by atoms with van der Waals surface area (Å²) >= 11 is 0. The highest BCUT2D eigenvalue weighted by atomic mass is 16.5. The van der Waals surface area contributed by atoms with Crippen LogP contribution in [0.1, 0.15) is 33.4 Å². The highest BCUT2D eigenvalue weighted by molar-refractivity contribution is 6.08. The van der Waals surface area contributed by atoms with Crippen molar-refractivity contribution < 1.29 is 33.0 Å². The number of morpholine rings is 1. The Morgan fingerprint density at radius 1 is 1.00 bits per heavy atom. The van der Waals surface area contributed by atoms with Crippen LogP contribution in [0.15, 0.2) is 70.4 Å². The van der Waals surface area contributed by atoms with Crippen LogP contribution in [0, 0.1) is 0 Å². The number of para-hydroxylation sites is 1. The van der Waals surface area contributed by atoms with Gasteiger partial charge in [0, 0.05) is 13.1 Å². The molecule has 0 unspecified atom stereocenters. The number of nitrogens with one attached hydrogen (secondary N) is 2. The lowest BCUT2D eigenvalue weighted by atomic mass is 10.1. The van der Waals surface area contributed by atoms with E-state index in [1.54, 1.807) is 53.4 Å². The predicted molar refractivity (Wildman–Crippen MR) is 139 cm³/mol. The highest BCUT2D eigenvalue weighted by Gasteiger charge is 2.18. The molecule has 1 aromatic heterocycles. The van der Waals surface area contributed by atoms with Crippen LogP contribution in [-0.2, 0) is 9.53 Å². The van der Waals surface area contributed by atoms with E-state index < -0.39 is 11.8 Å². The first-order chi connectivity index (χ1) is 18.5. The smallest absolute Gasteiger partial charge is 0.291 e. The summed E-state index contributed by atoms with van der Waals surface area (Å²) in [5.74, 6) is -0.107. The molecule has 11 heteroatoms. The van der Waals surface area contributed by atoms with Gasteiger partial charge in [0.1, 0.15) is 0 Å². The lowest BCUT2D eigenvalue weighted by molar-refractivity contribution is -0.137. The monoisotopic (exact) mass is 520 g/mol. The summed E-state index contributed by atoms with van der Waals surface area (Å²) in [6.45, 7) is 4.25. The van der Waals surface area contributed by atoms with E-state index in [1.807, 2.05) is 6.92 Å². The van der Waals surface area contributed by atoms with Crippen molar-refractivity contribution in [2.45, 2.75) is 6.92 Å². The zero-order valence-electron chi connectivity index (χ0n) is 20.8. The second-order valence-corrected chi connectivity index (χ2v) is 8.10. The molecule has 2 aromatic carbocycles. The van der Waals surface area contributed by atoms with E-state index in [-0.39, 0.29) is 23.8 Å². The van der Waals surface area contributed by atoms with Crippen LogP contribution < -0.4 is 20.2 Å². The standard InChI is InChI=1S/C27H28N4O7/c1-2-36-24-16-19(9-10-22(24)38-18-25(32)31-11-14-35-15-12-31)17-28-30-26(33)20-6-3-4-7-21(20)29-27(34)23-8-5-13-37-23/h3-10,13,16-17H,2,11-12,14-15,18H2,1H3,(H,29,34)(H,30,33)/b28-17-. The number of anilines is 1. The largest absolute Gasteiger partial charge is 0.490 e. The van der Waals surface area contributed by atoms with E-state index in [2.05, 4.69) is 15.8 Å². The molecule has 1 aliphatic rings. The molecule has 0 radical (unpaired) electrons. The van der Waals surface area contributed by atoms with Crippen molar-refractivity contribution in [2.24, 2.45) is 5.10 Å². The topological polar surface area (TPSA) is 132 Å². The highest BCUT2D eigenvalue weighted by Crippen LogP contribution is 2.28. The van der Waals surface area contributed by atoms with Gasteiger partial charge in [-0.15, -0.1) is 0 Å². The van der Waals surface area contributed by atoms with Gasteiger partial charge in [0.25, 0.3) is 17.7 Å². The molecule has 2 N–H and O–H groups in total. The maximum absolute atomic E-state index is 12.7. The summed E-state index contributed by atoms with van der Waals surface area (Å²) in [4.78, 5) is 39.1. The van der Waals surface area contributed by atoms with E-state index in [9.17, 15) is 14.4 Å². The lowest BCUT2D eigenvalue weighted by Gasteiger charge is -2.26. The van der Waals surface area contributed by atoms with Crippen molar-refractivity contribution in [1.29, 1.82) is 0 Å². The Morgan fingerprint density at radius 2 is 1.82 bits per heavy atom. The van der Waals surface area contributed by atoms with E-state index in [0.29, 0.717) is 55.7 Å². The summed E-state index contributed by atoms with van der Waals surface area (Å²) in [6.07, 6.45) is 2.84. The van der Waals surface area contributed by atoms with Crippen molar-refractivity contribution in [1.82, 2.24) is 10.3 Å². The number of carbonyl (C=O) groups excluding carboxylic acids is 3. The number of hydrazone groups is 1. The maximum Gasteiger partial charge on any atom is 0.291 e. The van der Waals surface area contributed by atoms with Gasteiger partial charge >= 0.3 is 0 Å². The normalized spacial score (nSPS) is 13.2. The summed E-state index contributed by atoms with van der Waals surface area (Å²) in [7, 11) is 0. The average molecular weight is 521 g/mol. The number of amides is 3. The third-order valence-electron chi connectivity index (χ3n) is 5.53. The fourth-order valence-corrected chi connectivity index (χ4v) is 3.64. The van der Waals surface area contributed by atoms with Gasteiger partial charge in [-0.25, -0.2) is 5.43 Å². The molecule has 0 bridgehead atoms. The molecule has 0 saturated carbocycles. The minimum Gasteiger partial charge on any atom is -0.490 e. The van der Waals surface area contributed by atoms with Crippen LogP contribution in [0.2, 0.25) is 0 Å². The summed E-state index contributed by atoms with van der Waals surface area (Å²) in [5, 5.41) is 6.69. The summed E-state index contributed by atoms with van der Waals surface area (Å²) in [6, 6.07) is 14.8. The Hall–Kier alpha value is -4.64. The van der Waals surface area contributed by atoms with Crippen molar-refractivity contribution in [3.8, 4) is 11.5 Å². The van der Waals surface area contributed by atoms with Crippen LogP contribution in [0.3, 0.4) is 0 Å². The van der Waals surface area contributed by atoms with Crippen molar-refractivity contribution in [2.75, 3.05) is 44.8 Å². The van der Waals surface area contributed by atoms with E-state index in [1.165, 1.54) is 18.5 Å². The Kier molecular flexibility index (Phi) is 9.08. The third kappa shape index (κ3) is 6.98. The molecule has 1 saturated heterocycles. The zero-order valence-corrected chi connectivity index (χ0v) is 20.8. The van der Waals surface area contributed by atoms with Crippen molar-refractivity contribution in [3.05, 3.63) is 77.7 Å². The average Bonchev–Trinajstić information content (AvgIpc) is 3.49. The molecule has 0 spiro atoms. The number of hydrogen-bond acceptors (Lipinski definition) is 8. The van der Waals surface area contributed by atoms with Gasteiger partial charge in [-0.2, -0.15) is 5.10 Å². The van der Waals surface area contributed by atoms with Crippen molar-refractivity contribution >= 4 is 29.6 Å². The molecule has 38 heavy (non-hydrogen) atoms. The van der Waals surface area contributed by atoms with Crippen LogP contribution in [0.25, 0.3) is 0 Å². The molecule has 0 aliphatic carbocycles. The fourth-order valence-electron chi connectivity index (χ4n) is 3.64. The number of carbonyl (C=O) groups is 3. The Labute approximate surface area is 219 Å². The van der Waals surface area contributed by atoms with E-state index >= 15 is 0 Å². The number of nitrogens with zero attached hydrogens (tertiary/aromatic N) is 2. The first kappa shape index (κ1) is 26.4. The fraction of sp³-hybridized carbons (Fsp3) is 0.259. The van der Waals surface area contributed by atoms with Crippen LogP contribution in [0.5, 0.6) is 11.5 Å². The van der Waals surface area contributed by atoms with E-state index in [4.69, 9.17) is 18.6 Å². The number of furan rings is 1. The molecular weight excluding hydrogens is 492 g/mol. The number of rotatable bonds is 10. The van der Waals surface area contributed by atoms with Crippen LogP contribution >= 0.6 is 0 Å². The molecule has 4 rings (SSSR count). The lowest BCUT2D eigenvalue weighted by Crippen LogP contribution is -2.43. The Morgan fingerprint density at radius 3 is 2.58 bits per heavy atom. The SMILES string of the molecule is CCOc1cc(/C=N\NC(=O)c2ccccc2NC(=O)c2ccco2)ccc1OCC(=O)N1CCOCC1. The van der Waals surface area contributed by atoms with Crippen molar-refractivity contribution in [3.63, 3.8) is 0 Å². The summed E-state index contributed by atoms with van der Waals surface area (Å²) in [5.41, 5.74) is 3.64. The molecule has 0 atom stereocenters. The summed E-state index contributed by atoms with van der Waals surface area (Å²) < 4.78 is 21.8. The molecule has 3 aromatic rings. The van der Waals surface area contributed by atoms with Gasteiger partial charge < -0.3 is 28.8 Å².